The zero-order valence-electron chi connectivity index (χ0n) is 11.6. The zero-order chi connectivity index (χ0) is 13.9. The first-order valence-electron chi connectivity index (χ1n) is 6.88. The number of hydrogen-bond donors (Lipinski definition) is 2. The molecule has 0 spiro atoms. The second kappa shape index (κ2) is 5.72. The highest BCUT2D eigenvalue weighted by atomic mass is 16.3. The average Bonchev–Trinajstić information content (AvgIpc) is 2.36. The second-order valence-electron chi connectivity index (χ2n) is 5.33. The van der Waals surface area contributed by atoms with Gasteiger partial charge in [-0.3, -0.25) is 9.69 Å². The van der Waals surface area contributed by atoms with Crippen molar-refractivity contribution in [1.82, 2.24) is 4.90 Å². The van der Waals surface area contributed by atoms with Gasteiger partial charge in [-0.15, -0.1) is 0 Å². The molecule has 1 fully saturated rings. The van der Waals surface area contributed by atoms with Crippen LogP contribution in [-0.4, -0.2) is 41.1 Å². The lowest BCUT2D eigenvalue weighted by Gasteiger charge is -2.45. The van der Waals surface area contributed by atoms with Crippen LogP contribution in [0.2, 0.25) is 0 Å². The van der Waals surface area contributed by atoms with Gasteiger partial charge in [0.25, 0.3) is 0 Å². The number of likely N-dealkylation sites (tertiary alicyclic amines) is 1. The van der Waals surface area contributed by atoms with Crippen LogP contribution in [0.5, 0.6) is 0 Å². The molecule has 4 heteroatoms. The second-order valence-corrected chi connectivity index (χ2v) is 5.33. The molecule has 0 aliphatic carbocycles. The zero-order valence-corrected chi connectivity index (χ0v) is 11.6. The smallest absolute Gasteiger partial charge is 0.238 e. The third-order valence-electron chi connectivity index (χ3n) is 3.68. The molecule has 1 amide bonds. The summed E-state index contributed by atoms with van der Waals surface area (Å²) in [6.07, 6.45) is 1.70. The number of amides is 1. The minimum absolute atomic E-state index is 0.0218. The Labute approximate surface area is 114 Å². The van der Waals surface area contributed by atoms with Gasteiger partial charge >= 0.3 is 0 Å². The van der Waals surface area contributed by atoms with Gasteiger partial charge in [0.2, 0.25) is 5.91 Å². The van der Waals surface area contributed by atoms with E-state index >= 15 is 0 Å². The van der Waals surface area contributed by atoms with Crippen molar-refractivity contribution in [3.8, 4) is 0 Å². The summed E-state index contributed by atoms with van der Waals surface area (Å²) < 4.78 is 0. The van der Waals surface area contributed by atoms with Crippen LogP contribution in [0.25, 0.3) is 0 Å². The summed E-state index contributed by atoms with van der Waals surface area (Å²) in [6, 6.07) is 7.90. The molecule has 104 valence electrons. The van der Waals surface area contributed by atoms with Crippen LogP contribution in [0.15, 0.2) is 24.3 Å². The Kier molecular flexibility index (Phi) is 4.22. The molecule has 1 aromatic rings. The fraction of sp³-hybridized carbons (Fsp3) is 0.533. The predicted molar refractivity (Wildman–Crippen MR) is 76.1 cm³/mol. The molecule has 0 unspecified atom stereocenters. The normalized spacial score (nSPS) is 17.8. The van der Waals surface area contributed by atoms with Crippen LogP contribution in [0, 0.1) is 0 Å². The van der Waals surface area contributed by atoms with E-state index in [-0.39, 0.29) is 5.91 Å². The van der Waals surface area contributed by atoms with Crippen molar-refractivity contribution in [3.63, 3.8) is 0 Å². The van der Waals surface area contributed by atoms with Crippen molar-refractivity contribution in [3.05, 3.63) is 29.8 Å². The van der Waals surface area contributed by atoms with Gasteiger partial charge in [-0.1, -0.05) is 26.0 Å². The topological polar surface area (TPSA) is 52.6 Å². The molecule has 1 aliphatic rings. The maximum Gasteiger partial charge on any atom is 0.238 e. The van der Waals surface area contributed by atoms with E-state index in [0.717, 1.165) is 18.5 Å². The lowest BCUT2D eigenvalue weighted by Crippen LogP contribution is -2.62. The third-order valence-corrected chi connectivity index (χ3v) is 3.68. The summed E-state index contributed by atoms with van der Waals surface area (Å²) in [5, 5.41) is 12.8. The number of hydrogen-bond acceptors (Lipinski definition) is 3. The summed E-state index contributed by atoms with van der Waals surface area (Å²) >= 11 is 0. The van der Waals surface area contributed by atoms with Crippen LogP contribution >= 0.6 is 0 Å². The molecule has 0 bridgehead atoms. The van der Waals surface area contributed by atoms with Gasteiger partial charge in [0.15, 0.2) is 0 Å². The summed E-state index contributed by atoms with van der Waals surface area (Å²) in [5.41, 5.74) is 1.47. The number of aryl methyl sites for hydroxylation is 1. The van der Waals surface area contributed by atoms with E-state index in [9.17, 15) is 9.90 Å². The molecule has 0 atom stereocenters. The first-order chi connectivity index (χ1) is 9.04. The standard InChI is InChI=1S/C15H22N2O2/c1-3-12-6-5-7-13(8-12)16-14(18)9-17-10-15(19,4-2)11-17/h5-8,19H,3-4,9-11H2,1-2H3,(H,16,18). The van der Waals surface area contributed by atoms with Crippen molar-refractivity contribution in [2.45, 2.75) is 32.3 Å². The monoisotopic (exact) mass is 262 g/mol. The molecule has 4 nitrogen and oxygen atoms in total. The number of carbonyl (C=O) groups excluding carboxylic acids is 1. The number of benzene rings is 1. The predicted octanol–water partition coefficient (Wildman–Crippen LogP) is 1.64. The number of carbonyl (C=O) groups is 1. The van der Waals surface area contributed by atoms with Crippen molar-refractivity contribution in [1.29, 1.82) is 0 Å². The van der Waals surface area contributed by atoms with Gasteiger partial charge < -0.3 is 10.4 Å². The molecule has 0 saturated carbocycles. The Morgan fingerprint density at radius 3 is 2.79 bits per heavy atom. The molecule has 1 aliphatic heterocycles. The van der Waals surface area contributed by atoms with Crippen molar-refractivity contribution in [2.24, 2.45) is 0 Å². The highest BCUT2D eigenvalue weighted by Gasteiger charge is 2.39. The minimum atomic E-state index is -0.581. The molecule has 1 aromatic carbocycles. The lowest BCUT2D eigenvalue weighted by atomic mass is 9.91. The highest BCUT2D eigenvalue weighted by Crippen LogP contribution is 2.23. The Morgan fingerprint density at radius 2 is 2.16 bits per heavy atom. The maximum atomic E-state index is 11.9. The lowest BCUT2D eigenvalue weighted by molar-refractivity contribution is -0.128. The molecule has 0 radical (unpaired) electrons. The summed E-state index contributed by atoms with van der Waals surface area (Å²) in [5.74, 6) is -0.0218. The molecule has 1 saturated heterocycles. The van der Waals surface area contributed by atoms with Gasteiger partial charge in [-0.25, -0.2) is 0 Å². The molecule has 0 aromatic heterocycles. The number of nitrogens with one attached hydrogen (secondary N) is 1. The maximum absolute atomic E-state index is 11.9. The van der Waals surface area contributed by atoms with E-state index < -0.39 is 5.60 Å². The minimum Gasteiger partial charge on any atom is -0.387 e. The Morgan fingerprint density at radius 1 is 1.42 bits per heavy atom. The molecule has 1 heterocycles. The largest absolute Gasteiger partial charge is 0.387 e. The number of nitrogens with zero attached hydrogens (tertiary/aromatic N) is 1. The van der Waals surface area contributed by atoms with E-state index in [4.69, 9.17) is 0 Å². The Balaban J connectivity index is 1.82. The van der Waals surface area contributed by atoms with E-state index in [0.29, 0.717) is 19.6 Å². The van der Waals surface area contributed by atoms with E-state index in [2.05, 4.69) is 12.2 Å². The van der Waals surface area contributed by atoms with Crippen molar-refractivity contribution < 1.29 is 9.90 Å². The fourth-order valence-electron chi connectivity index (χ4n) is 2.39. The number of rotatable bonds is 5. The van der Waals surface area contributed by atoms with Crippen LogP contribution in [0.1, 0.15) is 25.8 Å². The quantitative estimate of drug-likeness (QED) is 0.848. The highest BCUT2D eigenvalue weighted by molar-refractivity contribution is 5.92. The SMILES string of the molecule is CCc1cccc(NC(=O)CN2CC(O)(CC)C2)c1. The summed E-state index contributed by atoms with van der Waals surface area (Å²) in [6.45, 7) is 5.58. The van der Waals surface area contributed by atoms with Gasteiger partial charge in [0.1, 0.15) is 0 Å². The third kappa shape index (κ3) is 3.55. The van der Waals surface area contributed by atoms with Gasteiger partial charge in [-0.2, -0.15) is 0 Å². The van der Waals surface area contributed by atoms with Crippen LogP contribution in [0.4, 0.5) is 5.69 Å². The van der Waals surface area contributed by atoms with Gasteiger partial charge in [0.05, 0.1) is 12.1 Å². The van der Waals surface area contributed by atoms with E-state index in [1.807, 2.05) is 36.1 Å². The molecular formula is C15H22N2O2. The molecular weight excluding hydrogens is 240 g/mol. The van der Waals surface area contributed by atoms with Crippen LogP contribution in [0.3, 0.4) is 0 Å². The van der Waals surface area contributed by atoms with E-state index in [1.54, 1.807) is 0 Å². The van der Waals surface area contributed by atoms with Crippen LogP contribution < -0.4 is 5.32 Å². The first-order valence-corrected chi connectivity index (χ1v) is 6.88. The molecule has 2 N–H and O–H groups in total. The summed E-state index contributed by atoms with van der Waals surface area (Å²) in [4.78, 5) is 13.8. The number of aliphatic hydroxyl groups is 1. The Hall–Kier alpha value is -1.39. The first kappa shape index (κ1) is 14.0. The average molecular weight is 262 g/mol. The molecule has 19 heavy (non-hydrogen) atoms. The van der Waals surface area contributed by atoms with Crippen molar-refractivity contribution >= 4 is 11.6 Å². The fourth-order valence-corrected chi connectivity index (χ4v) is 2.39. The van der Waals surface area contributed by atoms with Gasteiger partial charge in [0, 0.05) is 18.8 Å². The van der Waals surface area contributed by atoms with E-state index in [1.165, 1.54) is 5.56 Å². The van der Waals surface area contributed by atoms with Crippen LogP contribution in [-0.2, 0) is 11.2 Å². The molecule has 2 rings (SSSR count). The summed E-state index contributed by atoms with van der Waals surface area (Å²) in [7, 11) is 0. The number of anilines is 1. The number of β-amino-alcohol motifs (C(OH)–C–C–N with tert-alkyl or cyclic N) is 1. The van der Waals surface area contributed by atoms with Crippen molar-refractivity contribution in [2.75, 3.05) is 25.0 Å². The van der Waals surface area contributed by atoms with Gasteiger partial charge in [-0.05, 0) is 30.5 Å². The Bertz CT molecular complexity index is 453.